The lowest BCUT2D eigenvalue weighted by atomic mass is 10.1. The van der Waals surface area contributed by atoms with Gasteiger partial charge in [0, 0.05) is 9.40 Å². The highest BCUT2D eigenvalue weighted by Gasteiger charge is 2.21. The molecule has 0 spiro atoms. The molecule has 2 rings (SSSR count). The third-order valence-electron chi connectivity index (χ3n) is 2.07. The lowest BCUT2D eigenvalue weighted by molar-refractivity contribution is 0.0933. The topological polar surface area (TPSA) is 52.9 Å². The number of thiophene rings is 2. The minimum Gasteiger partial charge on any atom is -0.334 e. The molecule has 2 aromatic rings. The molecule has 1 amide bonds. The van der Waals surface area contributed by atoms with Crippen LogP contribution in [0.3, 0.4) is 0 Å². The molecule has 2 heterocycles. The molecule has 5 heteroatoms. The highest BCUT2D eigenvalue weighted by molar-refractivity contribution is 7.27. The molecule has 82 valence electrons. The van der Waals surface area contributed by atoms with Crippen molar-refractivity contribution in [3.8, 4) is 6.07 Å². The zero-order chi connectivity index (χ0) is 11.8. The van der Waals surface area contributed by atoms with Gasteiger partial charge in [0.1, 0.15) is 5.54 Å². The lowest BCUT2D eigenvalue weighted by Crippen LogP contribution is -2.41. The number of nitriles is 1. The Hall–Kier alpha value is -1.38. The molecule has 0 radical (unpaired) electrons. The van der Waals surface area contributed by atoms with Crippen LogP contribution in [0.2, 0.25) is 0 Å². The fourth-order valence-corrected chi connectivity index (χ4v) is 3.25. The fraction of sp³-hybridized carbons (Fsp3) is 0.273. The van der Waals surface area contributed by atoms with Gasteiger partial charge in [0.2, 0.25) is 0 Å². The Bertz CT molecular complexity index is 546. The molecule has 0 saturated heterocycles. The Morgan fingerprint density at radius 1 is 1.50 bits per heavy atom. The van der Waals surface area contributed by atoms with Gasteiger partial charge in [-0.2, -0.15) is 5.26 Å². The smallest absolute Gasteiger partial charge is 0.262 e. The number of carbonyl (C=O) groups excluding carboxylic acids is 1. The standard InChI is InChI=1S/C11H10N2OS2/c1-11(2,6-12)13-10(14)9-5-8-7(16-9)3-4-15-8/h3-5H,1-2H3,(H,13,14). The van der Waals surface area contributed by atoms with Gasteiger partial charge in [0.15, 0.2) is 0 Å². The van der Waals surface area contributed by atoms with Gasteiger partial charge < -0.3 is 5.32 Å². The normalized spacial score (nSPS) is 11.3. The van der Waals surface area contributed by atoms with Crippen molar-refractivity contribution < 1.29 is 4.79 Å². The Kier molecular flexibility index (Phi) is 2.70. The van der Waals surface area contributed by atoms with Crippen molar-refractivity contribution in [2.24, 2.45) is 0 Å². The Balaban J connectivity index is 2.23. The van der Waals surface area contributed by atoms with Crippen LogP contribution < -0.4 is 5.32 Å². The first-order valence-electron chi connectivity index (χ1n) is 4.73. The van der Waals surface area contributed by atoms with Crippen LogP contribution in [0, 0.1) is 11.3 Å². The summed E-state index contributed by atoms with van der Waals surface area (Å²) in [6.45, 7) is 3.36. The summed E-state index contributed by atoms with van der Waals surface area (Å²) >= 11 is 3.07. The summed E-state index contributed by atoms with van der Waals surface area (Å²) in [5, 5.41) is 13.5. The summed E-state index contributed by atoms with van der Waals surface area (Å²) in [4.78, 5) is 12.5. The Labute approximate surface area is 101 Å². The number of fused-ring (bicyclic) bond motifs is 1. The maximum atomic E-state index is 11.8. The number of carbonyl (C=O) groups is 1. The van der Waals surface area contributed by atoms with Crippen molar-refractivity contribution in [2.45, 2.75) is 19.4 Å². The average molecular weight is 250 g/mol. The minimum atomic E-state index is -0.825. The van der Waals surface area contributed by atoms with Crippen LogP contribution in [0.25, 0.3) is 9.40 Å². The third-order valence-corrected chi connectivity index (χ3v) is 4.16. The third kappa shape index (κ3) is 2.08. The number of nitrogens with zero attached hydrogens (tertiary/aromatic N) is 1. The largest absolute Gasteiger partial charge is 0.334 e. The van der Waals surface area contributed by atoms with Gasteiger partial charge in [-0.3, -0.25) is 4.79 Å². The van der Waals surface area contributed by atoms with Crippen LogP contribution >= 0.6 is 22.7 Å². The Morgan fingerprint density at radius 2 is 2.25 bits per heavy atom. The van der Waals surface area contributed by atoms with Gasteiger partial charge in [-0.1, -0.05) is 0 Å². The minimum absolute atomic E-state index is 0.181. The van der Waals surface area contributed by atoms with Crippen molar-refractivity contribution in [2.75, 3.05) is 0 Å². The molecule has 3 nitrogen and oxygen atoms in total. The summed E-state index contributed by atoms with van der Waals surface area (Å²) in [6, 6.07) is 5.91. The molecule has 0 aromatic carbocycles. The van der Waals surface area contributed by atoms with Gasteiger partial charge in [0.25, 0.3) is 5.91 Å². The molecular formula is C11H10N2OS2. The summed E-state index contributed by atoms with van der Waals surface area (Å²) in [7, 11) is 0. The SMILES string of the molecule is CC(C)(C#N)NC(=O)c1cc2sccc2s1. The van der Waals surface area contributed by atoms with E-state index >= 15 is 0 Å². The van der Waals surface area contributed by atoms with Crippen LogP contribution in [0.5, 0.6) is 0 Å². The molecular weight excluding hydrogens is 240 g/mol. The second-order valence-electron chi connectivity index (χ2n) is 3.95. The highest BCUT2D eigenvalue weighted by atomic mass is 32.1. The van der Waals surface area contributed by atoms with Crippen molar-refractivity contribution in [3.63, 3.8) is 0 Å². The van der Waals surface area contributed by atoms with Gasteiger partial charge in [0.05, 0.1) is 10.9 Å². The van der Waals surface area contributed by atoms with E-state index in [1.165, 1.54) is 11.3 Å². The molecule has 0 fully saturated rings. The first kappa shape index (κ1) is 11.1. The molecule has 0 saturated carbocycles. The first-order valence-corrected chi connectivity index (χ1v) is 6.42. The van der Waals surface area contributed by atoms with Crippen LogP contribution in [0.4, 0.5) is 0 Å². The Morgan fingerprint density at radius 3 is 2.88 bits per heavy atom. The maximum Gasteiger partial charge on any atom is 0.262 e. The van der Waals surface area contributed by atoms with E-state index in [-0.39, 0.29) is 5.91 Å². The zero-order valence-electron chi connectivity index (χ0n) is 8.90. The summed E-state index contributed by atoms with van der Waals surface area (Å²) in [5.74, 6) is -0.181. The second-order valence-corrected chi connectivity index (χ2v) is 5.98. The summed E-state index contributed by atoms with van der Waals surface area (Å²) in [5.41, 5.74) is -0.825. The highest BCUT2D eigenvalue weighted by Crippen LogP contribution is 2.30. The molecule has 16 heavy (non-hydrogen) atoms. The second kappa shape index (κ2) is 3.89. The predicted molar refractivity (Wildman–Crippen MR) is 66.9 cm³/mol. The molecule has 2 aromatic heterocycles. The van der Waals surface area contributed by atoms with Crippen molar-refractivity contribution in [1.82, 2.24) is 5.32 Å². The molecule has 0 aliphatic carbocycles. The fourth-order valence-electron chi connectivity index (χ4n) is 1.25. The quantitative estimate of drug-likeness (QED) is 0.890. The van der Waals surface area contributed by atoms with Crippen molar-refractivity contribution in [3.05, 3.63) is 22.4 Å². The predicted octanol–water partition coefficient (Wildman–Crippen LogP) is 2.99. The monoisotopic (exact) mass is 250 g/mol. The van der Waals surface area contributed by atoms with Crippen molar-refractivity contribution >= 4 is 38.0 Å². The van der Waals surface area contributed by atoms with Crippen LogP contribution in [0.1, 0.15) is 23.5 Å². The summed E-state index contributed by atoms with van der Waals surface area (Å²) < 4.78 is 2.23. The van der Waals surface area contributed by atoms with E-state index in [0.29, 0.717) is 4.88 Å². The van der Waals surface area contributed by atoms with E-state index < -0.39 is 5.54 Å². The van der Waals surface area contributed by atoms with E-state index in [9.17, 15) is 4.79 Å². The van der Waals surface area contributed by atoms with Crippen LogP contribution in [0.15, 0.2) is 17.5 Å². The number of hydrogen-bond acceptors (Lipinski definition) is 4. The van der Waals surface area contributed by atoms with E-state index in [1.54, 1.807) is 25.2 Å². The molecule has 1 N–H and O–H groups in total. The molecule has 0 unspecified atom stereocenters. The van der Waals surface area contributed by atoms with Gasteiger partial charge in [-0.25, -0.2) is 0 Å². The molecule has 0 bridgehead atoms. The van der Waals surface area contributed by atoms with E-state index in [1.807, 2.05) is 23.6 Å². The van der Waals surface area contributed by atoms with Crippen LogP contribution in [-0.2, 0) is 0 Å². The number of hydrogen-bond donors (Lipinski definition) is 1. The van der Waals surface area contributed by atoms with Crippen LogP contribution in [-0.4, -0.2) is 11.4 Å². The number of rotatable bonds is 2. The lowest BCUT2D eigenvalue weighted by Gasteiger charge is -2.16. The maximum absolute atomic E-state index is 11.8. The van der Waals surface area contributed by atoms with Gasteiger partial charge >= 0.3 is 0 Å². The molecule has 0 atom stereocenters. The summed E-state index contributed by atoms with van der Waals surface area (Å²) in [6.07, 6.45) is 0. The first-order chi connectivity index (χ1) is 7.52. The van der Waals surface area contributed by atoms with E-state index in [4.69, 9.17) is 5.26 Å². The molecule has 0 aliphatic rings. The number of amides is 1. The van der Waals surface area contributed by atoms with E-state index in [2.05, 4.69) is 5.32 Å². The van der Waals surface area contributed by atoms with Gasteiger partial charge in [-0.15, -0.1) is 22.7 Å². The molecule has 0 aliphatic heterocycles. The zero-order valence-corrected chi connectivity index (χ0v) is 10.5. The average Bonchev–Trinajstić information content (AvgIpc) is 2.75. The van der Waals surface area contributed by atoms with E-state index in [0.717, 1.165) is 9.40 Å². The van der Waals surface area contributed by atoms with Gasteiger partial charge in [-0.05, 0) is 31.4 Å². The van der Waals surface area contributed by atoms with Crippen molar-refractivity contribution in [1.29, 1.82) is 5.26 Å². The number of nitrogens with one attached hydrogen (secondary N) is 1.